The molecule has 1 amide bonds. The van der Waals surface area contributed by atoms with Crippen molar-refractivity contribution in [2.24, 2.45) is 0 Å². The summed E-state index contributed by atoms with van der Waals surface area (Å²) >= 11 is 1.63. The number of benzene rings is 2. The van der Waals surface area contributed by atoms with E-state index in [2.05, 4.69) is 34.1 Å². The molecule has 1 saturated heterocycles. The highest BCUT2D eigenvalue weighted by Crippen LogP contribution is 2.33. The SMILES string of the molecule is Cc1nc(-c2ccccc2)sc1CC(=O)N1CCN(Cc2ccc3c(c2)OCO3)CC1. The lowest BCUT2D eigenvalue weighted by molar-refractivity contribution is -0.132. The molecule has 0 atom stereocenters. The third-order valence-electron chi connectivity index (χ3n) is 5.79. The van der Waals surface area contributed by atoms with Crippen LogP contribution in [0.15, 0.2) is 48.5 Å². The first-order chi connectivity index (χ1) is 15.2. The number of rotatable bonds is 5. The fraction of sp³-hybridized carbons (Fsp3) is 0.333. The minimum absolute atomic E-state index is 0.189. The van der Waals surface area contributed by atoms with Crippen LogP contribution in [0.25, 0.3) is 10.6 Å². The summed E-state index contributed by atoms with van der Waals surface area (Å²) in [5.41, 5.74) is 3.27. The number of ether oxygens (including phenoxy) is 2. The van der Waals surface area contributed by atoms with Gasteiger partial charge in [-0.15, -0.1) is 11.3 Å². The minimum atomic E-state index is 0.189. The van der Waals surface area contributed by atoms with Crippen molar-refractivity contribution in [3.05, 3.63) is 64.7 Å². The summed E-state index contributed by atoms with van der Waals surface area (Å²) in [4.78, 5) is 23.0. The lowest BCUT2D eigenvalue weighted by Crippen LogP contribution is -2.48. The van der Waals surface area contributed by atoms with E-state index in [0.717, 1.165) is 65.4 Å². The van der Waals surface area contributed by atoms with Crippen molar-refractivity contribution in [3.8, 4) is 22.1 Å². The number of aryl methyl sites for hydroxylation is 1. The second-order valence-electron chi connectivity index (χ2n) is 7.91. The average Bonchev–Trinajstić information content (AvgIpc) is 3.41. The summed E-state index contributed by atoms with van der Waals surface area (Å²) in [6, 6.07) is 16.3. The zero-order chi connectivity index (χ0) is 21.2. The van der Waals surface area contributed by atoms with Crippen LogP contribution >= 0.6 is 11.3 Å². The first kappa shape index (κ1) is 20.0. The molecular weight excluding hydrogens is 410 g/mol. The number of fused-ring (bicyclic) bond motifs is 1. The molecule has 31 heavy (non-hydrogen) atoms. The Morgan fingerprint density at radius 1 is 1.03 bits per heavy atom. The molecule has 0 saturated carbocycles. The number of amides is 1. The molecule has 160 valence electrons. The first-order valence-electron chi connectivity index (χ1n) is 10.6. The van der Waals surface area contributed by atoms with Crippen LogP contribution in [0.4, 0.5) is 0 Å². The number of carbonyl (C=O) groups excluding carboxylic acids is 1. The zero-order valence-corrected chi connectivity index (χ0v) is 18.4. The Labute approximate surface area is 186 Å². The summed E-state index contributed by atoms with van der Waals surface area (Å²) in [5, 5.41) is 0.981. The van der Waals surface area contributed by atoms with E-state index in [1.54, 1.807) is 11.3 Å². The van der Waals surface area contributed by atoms with Crippen LogP contribution in [-0.2, 0) is 17.8 Å². The number of aromatic nitrogens is 1. The summed E-state index contributed by atoms with van der Waals surface area (Å²) in [6.07, 6.45) is 0.429. The molecule has 3 heterocycles. The summed E-state index contributed by atoms with van der Waals surface area (Å²) in [6.45, 7) is 6.40. The Hall–Kier alpha value is -2.90. The van der Waals surface area contributed by atoms with E-state index in [1.165, 1.54) is 5.56 Å². The van der Waals surface area contributed by atoms with Crippen molar-refractivity contribution < 1.29 is 14.3 Å². The van der Waals surface area contributed by atoms with Gasteiger partial charge in [0, 0.05) is 43.2 Å². The Kier molecular flexibility index (Phi) is 5.61. The van der Waals surface area contributed by atoms with Gasteiger partial charge in [-0.2, -0.15) is 0 Å². The van der Waals surface area contributed by atoms with Crippen LogP contribution in [0.5, 0.6) is 11.5 Å². The van der Waals surface area contributed by atoms with E-state index >= 15 is 0 Å². The summed E-state index contributed by atoms with van der Waals surface area (Å²) in [7, 11) is 0. The molecule has 2 aromatic carbocycles. The molecule has 0 radical (unpaired) electrons. The third kappa shape index (κ3) is 4.43. The van der Waals surface area contributed by atoms with Gasteiger partial charge in [-0.3, -0.25) is 9.69 Å². The van der Waals surface area contributed by atoms with E-state index in [4.69, 9.17) is 9.47 Å². The van der Waals surface area contributed by atoms with E-state index in [9.17, 15) is 4.79 Å². The molecule has 2 aliphatic rings. The van der Waals surface area contributed by atoms with Crippen molar-refractivity contribution in [2.75, 3.05) is 33.0 Å². The van der Waals surface area contributed by atoms with Gasteiger partial charge in [0.2, 0.25) is 12.7 Å². The molecule has 0 N–H and O–H groups in total. The largest absolute Gasteiger partial charge is 0.454 e. The summed E-state index contributed by atoms with van der Waals surface area (Å²) < 4.78 is 10.9. The smallest absolute Gasteiger partial charge is 0.231 e. The first-order valence-corrected chi connectivity index (χ1v) is 11.4. The monoisotopic (exact) mass is 435 g/mol. The van der Waals surface area contributed by atoms with Crippen LogP contribution in [0, 0.1) is 6.92 Å². The van der Waals surface area contributed by atoms with E-state index in [1.807, 2.05) is 36.1 Å². The number of thiazole rings is 1. The Bertz CT molecular complexity index is 1070. The van der Waals surface area contributed by atoms with Gasteiger partial charge in [-0.05, 0) is 24.6 Å². The fourth-order valence-electron chi connectivity index (χ4n) is 4.00. The molecule has 5 rings (SSSR count). The maximum absolute atomic E-state index is 12.9. The lowest BCUT2D eigenvalue weighted by atomic mass is 10.1. The minimum Gasteiger partial charge on any atom is -0.454 e. The van der Waals surface area contributed by atoms with Crippen LogP contribution in [0.1, 0.15) is 16.1 Å². The lowest BCUT2D eigenvalue weighted by Gasteiger charge is -2.34. The van der Waals surface area contributed by atoms with Gasteiger partial charge in [0.15, 0.2) is 11.5 Å². The van der Waals surface area contributed by atoms with Gasteiger partial charge < -0.3 is 14.4 Å². The second kappa shape index (κ2) is 8.69. The van der Waals surface area contributed by atoms with Crippen molar-refractivity contribution in [1.82, 2.24) is 14.8 Å². The van der Waals surface area contributed by atoms with Crippen molar-refractivity contribution in [2.45, 2.75) is 19.9 Å². The van der Waals surface area contributed by atoms with Crippen molar-refractivity contribution in [3.63, 3.8) is 0 Å². The molecule has 2 aliphatic heterocycles. The Morgan fingerprint density at radius 2 is 1.81 bits per heavy atom. The molecule has 1 aromatic heterocycles. The highest BCUT2D eigenvalue weighted by atomic mass is 32.1. The van der Waals surface area contributed by atoms with Gasteiger partial charge in [0.05, 0.1) is 12.1 Å². The Morgan fingerprint density at radius 3 is 2.61 bits per heavy atom. The maximum Gasteiger partial charge on any atom is 0.231 e. The van der Waals surface area contributed by atoms with Gasteiger partial charge in [-0.25, -0.2) is 4.98 Å². The highest BCUT2D eigenvalue weighted by Gasteiger charge is 2.23. The molecule has 6 nitrogen and oxygen atoms in total. The van der Waals surface area contributed by atoms with Crippen LogP contribution in [-0.4, -0.2) is 53.7 Å². The third-order valence-corrected chi connectivity index (χ3v) is 7.00. The van der Waals surface area contributed by atoms with E-state index < -0.39 is 0 Å². The number of hydrogen-bond donors (Lipinski definition) is 0. The van der Waals surface area contributed by atoms with E-state index in [0.29, 0.717) is 13.2 Å². The summed E-state index contributed by atoms with van der Waals surface area (Å²) in [5.74, 6) is 1.82. The molecule has 0 unspecified atom stereocenters. The number of piperazine rings is 1. The molecule has 0 spiro atoms. The van der Waals surface area contributed by atoms with Crippen LogP contribution in [0.3, 0.4) is 0 Å². The average molecular weight is 436 g/mol. The number of nitrogens with zero attached hydrogens (tertiary/aromatic N) is 3. The molecule has 0 aliphatic carbocycles. The van der Waals surface area contributed by atoms with E-state index in [-0.39, 0.29) is 5.91 Å². The van der Waals surface area contributed by atoms with Gasteiger partial charge in [-0.1, -0.05) is 36.4 Å². The fourth-order valence-corrected chi connectivity index (χ4v) is 5.06. The van der Waals surface area contributed by atoms with Gasteiger partial charge in [0.1, 0.15) is 5.01 Å². The number of hydrogen-bond acceptors (Lipinski definition) is 6. The topological polar surface area (TPSA) is 54.9 Å². The molecular formula is C24H25N3O3S. The van der Waals surface area contributed by atoms with Crippen molar-refractivity contribution in [1.29, 1.82) is 0 Å². The van der Waals surface area contributed by atoms with Crippen molar-refractivity contribution >= 4 is 17.2 Å². The predicted octanol–water partition coefficient (Wildman–Crippen LogP) is 3.73. The second-order valence-corrected chi connectivity index (χ2v) is 9.00. The predicted molar refractivity (Wildman–Crippen MR) is 120 cm³/mol. The Balaban J connectivity index is 1.16. The van der Waals surface area contributed by atoms with Crippen LogP contribution < -0.4 is 9.47 Å². The van der Waals surface area contributed by atoms with Gasteiger partial charge >= 0.3 is 0 Å². The van der Waals surface area contributed by atoms with Gasteiger partial charge in [0.25, 0.3) is 0 Å². The molecule has 3 aromatic rings. The maximum atomic E-state index is 12.9. The quantitative estimate of drug-likeness (QED) is 0.611. The zero-order valence-electron chi connectivity index (χ0n) is 17.5. The molecule has 7 heteroatoms. The number of carbonyl (C=O) groups is 1. The normalized spacial score (nSPS) is 16.0. The molecule has 1 fully saturated rings. The highest BCUT2D eigenvalue weighted by molar-refractivity contribution is 7.15. The standard InChI is InChI=1S/C24H25N3O3S/c1-17-22(31-24(25-17)19-5-3-2-4-6-19)14-23(28)27-11-9-26(10-12-27)15-18-7-8-20-21(13-18)30-16-29-20/h2-8,13H,9-12,14-16H2,1H3. The van der Waals surface area contributed by atoms with Crippen LogP contribution in [0.2, 0.25) is 0 Å². The molecule has 0 bridgehead atoms.